The van der Waals surface area contributed by atoms with Crippen LogP contribution in [0.5, 0.6) is 0 Å². The molecule has 2 amide bonds. The third kappa shape index (κ3) is 4.73. The molecule has 7 nitrogen and oxygen atoms in total. The van der Waals surface area contributed by atoms with Crippen LogP contribution in [0.15, 0.2) is 24.3 Å². The van der Waals surface area contributed by atoms with Crippen LogP contribution in [0, 0.1) is 11.8 Å². The molecule has 1 saturated carbocycles. The molecule has 7 heteroatoms. The molecule has 0 bridgehead atoms. The van der Waals surface area contributed by atoms with Gasteiger partial charge >= 0.3 is 0 Å². The van der Waals surface area contributed by atoms with E-state index in [-0.39, 0.29) is 23.7 Å². The molecule has 2 atom stereocenters. The highest BCUT2D eigenvalue weighted by atomic mass is 16.2. The van der Waals surface area contributed by atoms with Crippen LogP contribution in [-0.2, 0) is 9.59 Å². The fourth-order valence-electron chi connectivity index (χ4n) is 4.33. The van der Waals surface area contributed by atoms with E-state index in [0.29, 0.717) is 6.42 Å². The van der Waals surface area contributed by atoms with Crippen LogP contribution in [0.1, 0.15) is 13.3 Å². The van der Waals surface area contributed by atoms with Gasteiger partial charge in [-0.25, -0.2) is 0 Å². The molecule has 1 aromatic carbocycles. The number of amides is 2. The number of carbonyl (C=O) groups is 2. The molecule has 158 valence electrons. The van der Waals surface area contributed by atoms with Gasteiger partial charge in [-0.15, -0.1) is 0 Å². The molecule has 2 heterocycles. The highest BCUT2D eigenvalue weighted by Gasteiger charge is 2.49. The average Bonchev–Trinajstić information content (AvgIpc) is 3.56. The van der Waals surface area contributed by atoms with Gasteiger partial charge in [-0.1, -0.05) is 6.92 Å². The summed E-state index contributed by atoms with van der Waals surface area (Å²) in [4.78, 5) is 34.3. The normalized spacial score (nSPS) is 25.7. The van der Waals surface area contributed by atoms with Crippen molar-refractivity contribution in [2.45, 2.75) is 13.3 Å². The summed E-state index contributed by atoms with van der Waals surface area (Å²) in [6.45, 7) is 10.8. The number of benzene rings is 1. The van der Waals surface area contributed by atoms with Crippen molar-refractivity contribution >= 4 is 23.2 Å². The van der Waals surface area contributed by atoms with E-state index in [1.165, 1.54) is 5.69 Å². The van der Waals surface area contributed by atoms with Gasteiger partial charge in [0.15, 0.2) is 0 Å². The molecule has 1 aromatic rings. The van der Waals surface area contributed by atoms with E-state index in [2.05, 4.69) is 46.1 Å². The molecule has 1 aliphatic carbocycles. The van der Waals surface area contributed by atoms with E-state index < -0.39 is 0 Å². The summed E-state index contributed by atoms with van der Waals surface area (Å²) >= 11 is 0. The van der Waals surface area contributed by atoms with Crippen molar-refractivity contribution in [2.75, 3.05) is 76.2 Å². The summed E-state index contributed by atoms with van der Waals surface area (Å²) in [5.74, 6) is -0.175. The Kier molecular flexibility index (Phi) is 6.06. The topological polar surface area (TPSA) is 59.1 Å². The molecule has 2 aliphatic heterocycles. The van der Waals surface area contributed by atoms with Crippen molar-refractivity contribution < 1.29 is 9.59 Å². The molecule has 1 N–H and O–H groups in total. The van der Waals surface area contributed by atoms with Crippen LogP contribution in [0.4, 0.5) is 11.4 Å². The molecule has 2 unspecified atom stereocenters. The first-order chi connectivity index (χ1) is 14.0. The lowest BCUT2D eigenvalue weighted by Gasteiger charge is -2.34. The third-order valence-corrected chi connectivity index (χ3v) is 6.58. The van der Waals surface area contributed by atoms with E-state index in [4.69, 9.17) is 0 Å². The molecule has 3 aliphatic rings. The predicted molar refractivity (Wildman–Crippen MR) is 115 cm³/mol. The van der Waals surface area contributed by atoms with Gasteiger partial charge in [0.1, 0.15) is 0 Å². The van der Waals surface area contributed by atoms with Gasteiger partial charge in [0.05, 0.1) is 11.8 Å². The zero-order chi connectivity index (χ0) is 20.4. The first-order valence-corrected chi connectivity index (χ1v) is 10.9. The average molecular weight is 400 g/mol. The van der Waals surface area contributed by atoms with Gasteiger partial charge in [0, 0.05) is 63.7 Å². The molecule has 29 heavy (non-hydrogen) atoms. The van der Waals surface area contributed by atoms with Crippen molar-refractivity contribution in [3.05, 3.63) is 24.3 Å². The molecular weight excluding hydrogens is 366 g/mol. The fraction of sp³-hybridized carbons (Fsp3) is 0.636. The van der Waals surface area contributed by atoms with Crippen LogP contribution >= 0.6 is 0 Å². The summed E-state index contributed by atoms with van der Waals surface area (Å²) in [5.41, 5.74) is 2.00. The molecule has 4 rings (SSSR count). The number of hydrogen-bond acceptors (Lipinski definition) is 5. The minimum absolute atomic E-state index is 0.0251. The molecule has 0 radical (unpaired) electrons. The van der Waals surface area contributed by atoms with E-state index in [9.17, 15) is 9.59 Å². The van der Waals surface area contributed by atoms with Gasteiger partial charge in [-0.2, -0.15) is 0 Å². The smallest absolute Gasteiger partial charge is 0.228 e. The Labute approximate surface area is 173 Å². The Morgan fingerprint density at radius 2 is 1.59 bits per heavy atom. The number of likely N-dealkylation sites (N-methyl/N-ethyl adjacent to an activating group) is 2. The first-order valence-electron chi connectivity index (χ1n) is 10.9. The number of hydrogen-bond donors (Lipinski definition) is 1. The molecule has 2 saturated heterocycles. The number of nitrogens with zero attached hydrogens (tertiary/aromatic N) is 4. The maximum atomic E-state index is 12.7. The second-order valence-electron chi connectivity index (χ2n) is 8.53. The van der Waals surface area contributed by atoms with E-state index >= 15 is 0 Å². The van der Waals surface area contributed by atoms with Gasteiger partial charge in [-0.05, 0) is 44.3 Å². The van der Waals surface area contributed by atoms with Crippen molar-refractivity contribution in [1.29, 1.82) is 0 Å². The van der Waals surface area contributed by atoms with Crippen LogP contribution in [0.2, 0.25) is 0 Å². The summed E-state index contributed by atoms with van der Waals surface area (Å²) < 4.78 is 0. The highest BCUT2D eigenvalue weighted by Crippen LogP contribution is 2.41. The SMILES string of the molecule is CCN1CCN(C(=O)C2CC2C(=O)Nc2ccc(N3CCN(C)CC3)cc2)CC1. The quantitative estimate of drug-likeness (QED) is 0.806. The monoisotopic (exact) mass is 399 g/mol. The summed E-state index contributed by atoms with van der Waals surface area (Å²) in [6.07, 6.45) is 0.679. The first kappa shape index (κ1) is 20.2. The van der Waals surface area contributed by atoms with Gasteiger partial charge in [0.25, 0.3) is 0 Å². The lowest BCUT2D eigenvalue weighted by molar-refractivity contribution is -0.135. The molecular formula is C22H33N5O2. The minimum Gasteiger partial charge on any atom is -0.369 e. The number of piperazine rings is 2. The second kappa shape index (κ2) is 8.71. The zero-order valence-electron chi connectivity index (χ0n) is 17.6. The van der Waals surface area contributed by atoms with Crippen LogP contribution in [0.3, 0.4) is 0 Å². The second-order valence-corrected chi connectivity index (χ2v) is 8.53. The number of carbonyl (C=O) groups excluding carboxylic acids is 2. The maximum Gasteiger partial charge on any atom is 0.228 e. The Hall–Kier alpha value is -2.12. The standard InChI is InChI=1S/C22H33N5O2/c1-3-25-10-14-27(15-11-25)22(29)20-16-19(20)21(28)23-17-4-6-18(7-5-17)26-12-8-24(2)9-13-26/h4-7,19-20H,3,8-16H2,1-2H3,(H,23,28). The van der Waals surface area contributed by atoms with Crippen molar-refractivity contribution in [3.63, 3.8) is 0 Å². The largest absolute Gasteiger partial charge is 0.369 e. The number of rotatable bonds is 5. The van der Waals surface area contributed by atoms with Crippen molar-refractivity contribution in [1.82, 2.24) is 14.7 Å². The van der Waals surface area contributed by atoms with Crippen molar-refractivity contribution in [2.24, 2.45) is 11.8 Å². The Balaban J connectivity index is 1.25. The van der Waals surface area contributed by atoms with E-state index in [1.54, 1.807) is 0 Å². The number of anilines is 2. The summed E-state index contributed by atoms with van der Waals surface area (Å²) in [6, 6.07) is 8.08. The van der Waals surface area contributed by atoms with Crippen LogP contribution < -0.4 is 10.2 Å². The Morgan fingerprint density at radius 3 is 2.21 bits per heavy atom. The predicted octanol–water partition coefficient (Wildman–Crippen LogP) is 1.18. The maximum absolute atomic E-state index is 12.7. The summed E-state index contributed by atoms with van der Waals surface area (Å²) in [7, 11) is 2.15. The third-order valence-electron chi connectivity index (χ3n) is 6.58. The Bertz CT molecular complexity index is 721. The van der Waals surface area contributed by atoms with Crippen LogP contribution in [0.25, 0.3) is 0 Å². The lowest BCUT2D eigenvalue weighted by Crippen LogP contribution is -2.49. The molecule has 0 spiro atoms. The minimum atomic E-state index is -0.177. The molecule has 0 aromatic heterocycles. The fourth-order valence-corrected chi connectivity index (χ4v) is 4.33. The van der Waals surface area contributed by atoms with E-state index in [0.717, 1.165) is 64.6 Å². The van der Waals surface area contributed by atoms with Crippen molar-refractivity contribution in [3.8, 4) is 0 Å². The van der Waals surface area contributed by atoms with Gasteiger partial charge < -0.3 is 24.9 Å². The van der Waals surface area contributed by atoms with Gasteiger partial charge in [-0.3, -0.25) is 9.59 Å². The van der Waals surface area contributed by atoms with Crippen LogP contribution in [-0.4, -0.2) is 92.5 Å². The van der Waals surface area contributed by atoms with E-state index in [1.807, 2.05) is 17.0 Å². The highest BCUT2D eigenvalue weighted by molar-refractivity contribution is 5.99. The number of nitrogens with one attached hydrogen (secondary N) is 1. The lowest BCUT2D eigenvalue weighted by atomic mass is 10.2. The summed E-state index contributed by atoms with van der Waals surface area (Å²) in [5, 5.41) is 3.00. The zero-order valence-corrected chi connectivity index (χ0v) is 17.6. The Morgan fingerprint density at radius 1 is 0.931 bits per heavy atom. The van der Waals surface area contributed by atoms with Gasteiger partial charge in [0.2, 0.25) is 11.8 Å². The molecule has 3 fully saturated rings.